The summed E-state index contributed by atoms with van der Waals surface area (Å²) < 4.78 is 68.3. The molecule has 0 spiro atoms. The van der Waals surface area contributed by atoms with E-state index in [9.17, 15) is 43.2 Å². The van der Waals surface area contributed by atoms with Crippen LogP contribution >= 0.6 is 15.6 Å². The molecule has 0 amide bonds. The highest BCUT2D eigenvalue weighted by Gasteiger charge is 2.30. The fourth-order valence-corrected chi connectivity index (χ4v) is 12.8. The highest BCUT2D eigenvalue weighted by atomic mass is 31.2. The summed E-state index contributed by atoms with van der Waals surface area (Å²) in [6.45, 7) is 7.28. The van der Waals surface area contributed by atoms with Gasteiger partial charge in [0.1, 0.15) is 19.3 Å². The van der Waals surface area contributed by atoms with Gasteiger partial charge < -0.3 is 33.8 Å². The van der Waals surface area contributed by atoms with Crippen LogP contribution < -0.4 is 0 Å². The Morgan fingerprint density at radius 2 is 0.500 bits per heavy atom. The summed E-state index contributed by atoms with van der Waals surface area (Å²) in [5.74, 6) is -1.32. The Bertz CT molecular complexity index is 1770. The zero-order valence-corrected chi connectivity index (χ0v) is 61.5. The van der Waals surface area contributed by atoms with E-state index in [4.69, 9.17) is 37.0 Å². The quantitative estimate of drug-likeness (QED) is 0.0222. The highest BCUT2D eigenvalue weighted by molar-refractivity contribution is 7.47. The lowest BCUT2D eigenvalue weighted by molar-refractivity contribution is -0.161. The molecule has 546 valence electrons. The van der Waals surface area contributed by atoms with Gasteiger partial charge in [0.25, 0.3) is 0 Å². The normalized spacial score (nSPS) is 14.0. The SMILES string of the molecule is CCCCCCCCCCCCCCCCC(=O)OC[C@H](COP(=O)(O)OC[C@@H](O)COP(=O)(O)OC[C@@H](COC(=O)CCCCCCCCCC)OC(=O)CCCCCCCCCCCCCC)OC(=O)CCCCCCCCCCCCCCCCCC(C)C. The minimum absolute atomic E-state index is 0.107. The van der Waals surface area contributed by atoms with Crippen molar-refractivity contribution in [3.8, 4) is 0 Å². The first-order valence-electron chi connectivity index (χ1n) is 38.1. The van der Waals surface area contributed by atoms with Gasteiger partial charge in [0.15, 0.2) is 12.2 Å². The predicted octanol–water partition coefficient (Wildman–Crippen LogP) is 21.3. The van der Waals surface area contributed by atoms with Crippen LogP contribution in [0.1, 0.15) is 381 Å². The summed E-state index contributed by atoms with van der Waals surface area (Å²) in [6.07, 6.45) is 54.0. The van der Waals surface area contributed by atoms with Crippen LogP contribution in [0.4, 0.5) is 0 Å². The van der Waals surface area contributed by atoms with E-state index in [1.807, 2.05) is 0 Å². The number of ether oxygens (including phenoxy) is 4. The number of hydrogen-bond donors (Lipinski definition) is 3. The maximum atomic E-state index is 13.1. The molecule has 5 atom stereocenters. The molecule has 17 nitrogen and oxygen atoms in total. The number of rotatable bonds is 73. The van der Waals surface area contributed by atoms with Crippen molar-refractivity contribution in [2.45, 2.75) is 400 Å². The lowest BCUT2D eigenvalue weighted by Gasteiger charge is -2.21. The average molecular weight is 1350 g/mol. The fraction of sp³-hybridized carbons (Fsp3) is 0.945. The Morgan fingerprint density at radius 1 is 0.293 bits per heavy atom. The van der Waals surface area contributed by atoms with Crippen LogP contribution in [-0.2, 0) is 65.4 Å². The summed E-state index contributed by atoms with van der Waals surface area (Å²) in [7, 11) is -9.90. The van der Waals surface area contributed by atoms with Crippen molar-refractivity contribution in [1.29, 1.82) is 0 Å². The monoisotopic (exact) mass is 1350 g/mol. The molecule has 0 aliphatic carbocycles. The van der Waals surface area contributed by atoms with Crippen LogP contribution in [0.3, 0.4) is 0 Å². The van der Waals surface area contributed by atoms with Crippen LogP contribution in [0.2, 0.25) is 0 Å². The van der Waals surface area contributed by atoms with Crippen molar-refractivity contribution in [3.63, 3.8) is 0 Å². The van der Waals surface area contributed by atoms with Crippen molar-refractivity contribution in [3.05, 3.63) is 0 Å². The molecule has 0 aromatic carbocycles. The van der Waals surface area contributed by atoms with E-state index in [1.165, 1.54) is 199 Å². The second kappa shape index (κ2) is 66.3. The molecule has 0 aromatic rings. The first kappa shape index (κ1) is 90.1. The van der Waals surface area contributed by atoms with Gasteiger partial charge in [-0.1, -0.05) is 330 Å². The summed E-state index contributed by atoms with van der Waals surface area (Å²) in [5.41, 5.74) is 0. The van der Waals surface area contributed by atoms with Crippen LogP contribution in [0.15, 0.2) is 0 Å². The van der Waals surface area contributed by atoms with Gasteiger partial charge in [0, 0.05) is 25.7 Å². The van der Waals surface area contributed by atoms with Crippen molar-refractivity contribution in [2.24, 2.45) is 5.92 Å². The van der Waals surface area contributed by atoms with E-state index in [2.05, 4.69) is 34.6 Å². The fourth-order valence-electron chi connectivity index (χ4n) is 11.2. The van der Waals surface area contributed by atoms with Crippen molar-refractivity contribution in [1.82, 2.24) is 0 Å². The molecule has 2 unspecified atom stereocenters. The minimum Gasteiger partial charge on any atom is -0.462 e. The molecular formula is C73H142O17P2. The Balaban J connectivity index is 5.21. The molecular weight excluding hydrogens is 1210 g/mol. The smallest absolute Gasteiger partial charge is 0.462 e. The number of carbonyl (C=O) groups is 4. The summed E-state index contributed by atoms with van der Waals surface area (Å²) in [6, 6.07) is 0. The number of phosphoric acid groups is 2. The Morgan fingerprint density at radius 3 is 0.739 bits per heavy atom. The van der Waals surface area contributed by atoms with Crippen LogP contribution in [0.5, 0.6) is 0 Å². The third kappa shape index (κ3) is 66.7. The summed E-state index contributed by atoms with van der Waals surface area (Å²) in [5, 5.41) is 10.6. The van der Waals surface area contributed by atoms with Gasteiger partial charge in [0.2, 0.25) is 0 Å². The average Bonchev–Trinajstić information content (AvgIpc) is 3.48. The van der Waals surface area contributed by atoms with E-state index >= 15 is 0 Å². The molecule has 0 aliphatic rings. The molecule has 0 saturated heterocycles. The topological polar surface area (TPSA) is 237 Å². The molecule has 0 aromatic heterocycles. The summed E-state index contributed by atoms with van der Waals surface area (Å²) >= 11 is 0. The first-order valence-corrected chi connectivity index (χ1v) is 41.1. The summed E-state index contributed by atoms with van der Waals surface area (Å²) in [4.78, 5) is 72.6. The van der Waals surface area contributed by atoms with Crippen molar-refractivity contribution in [2.75, 3.05) is 39.6 Å². The Kier molecular flexibility index (Phi) is 64.9. The van der Waals surface area contributed by atoms with E-state index in [-0.39, 0.29) is 25.7 Å². The molecule has 92 heavy (non-hydrogen) atoms. The van der Waals surface area contributed by atoms with E-state index in [0.29, 0.717) is 25.7 Å². The number of phosphoric ester groups is 2. The maximum Gasteiger partial charge on any atom is 0.472 e. The Labute approximate surface area is 562 Å². The van der Waals surface area contributed by atoms with Gasteiger partial charge in [-0.05, 0) is 31.6 Å². The second-order valence-corrected chi connectivity index (χ2v) is 29.7. The highest BCUT2D eigenvalue weighted by Crippen LogP contribution is 2.45. The number of esters is 4. The number of aliphatic hydroxyl groups excluding tert-OH is 1. The van der Waals surface area contributed by atoms with Crippen LogP contribution in [-0.4, -0.2) is 96.7 Å². The Hall–Kier alpha value is -1.94. The zero-order valence-electron chi connectivity index (χ0n) is 59.7. The van der Waals surface area contributed by atoms with Gasteiger partial charge >= 0.3 is 39.5 Å². The molecule has 0 radical (unpaired) electrons. The second-order valence-electron chi connectivity index (χ2n) is 26.8. The molecule has 0 aliphatic heterocycles. The van der Waals surface area contributed by atoms with Gasteiger partial charge in [-0.25, -0.2) is 9.13 Å². The van der Waals surface area contributed by atoms with Crippen LogP contribution in [0.25, 0.3) is 0 Å². The molecule has 19 heteroatoms. The predicted molar refractivity (Wildman–Crippen MR) is 372 cm³/mol. The first-order chi connectivity index (χ1) is 44.5. The van der Waals surface area contributed by atoms with Crippen LogP contribution in [0, 0.1) is 5.92 Å². The largest absolute Gasteiger partial charge is 0.472 e. The zero-order chi connectivity index (χ0) is 67.7. The number of aliphatic hydroxyl groups is 1. The lowest BCUT2D eigenvalue weighted by Crippen LogP contribution is -2.30. The maximum absolute atomic E-state index is 13.1. The van der Waals surface area contributed by atoms with E-state index in [0.717, 1.165) is 102 Å². The van der Waals surface area contributed by atoms with Gasteiger partial charge in [-0.3, -0.25) is 37.3 Å². The molecule has 0 heterocycles. The number of hydrogen-bond acceptors (Lipinski definition) is 15. The van der Waals surface area contributed by atoms with Gasteiger partial charge in [-0.15, -0.1) is 0 Å². The molecule has 0 fully saturated rings. The molecule has 3 N–H and O–H groups in total. The van der Waals surface area contributed by atoms with Gasteiger partial charge in [-0.2, -0.15) is 0 Å². The van der Waals surface area contributed by atoms with Crippen molar-refractivity contribution < 1.29 is 80.2 Å². The number of unbranched alkanes of at least 4 members (excludes halogenated alkanes) is 45. The third-order valence-electron chi connectivity index (χ3n) is 17.0. The molecule has 0 bridgehead atoms. The number of carbonyl (C=O) groups excluding carboxylic acids is 4. The molecule has 0 saturated carbocycles. The van der Waals surface area contributed by atoms with Gasteiger partial charge in [0.05, 0.1) is 26.4 Å². The van der Waals surface area contributed by atoms with E-state index in [1.54, 1.807) is 0 Å². The third-order valence-corrected chi connectivity index (χ3v) is 18.9. The lowest BCUT2D eigenvalue weighted by atomic mass is 10.0. The van der Waals surface area contributed by atoms with Crippen molar-refractivity contribution >= 4 is 39.5 Å². The molecule has 0 rings (SSSR count). The van der Waals surface area contributed by atoms with E-state index < -0.39 is 97.5 Å². The standard InChI is InChI=1S/C73H142O17P2/c1-6-9-12-15-18-21-23-25-30-34-37-42-47-52-57-71(76)84-63-69(90-73(78)59-54-49-44-39-35-31-28-26-27-29-32-36-40-45-50-55-66(4)5)65-88-92(81,82)86-61-67(74)60-85-91(79,80)87-64-68(62-83-70(75)56-51-46-41-20-17-14-11-8-3)89-72(77)58-53-48-43-38-33-24-22-19-16-13-10-7-2/h66-69,74H,6-65H2,1-5H3,(H,79,80)(H,81,82)/t67-,68+,69+/m0/s1. The minimum atomic E-state index is -4.95.